The zero-order valence-electron chi connectivity index (χ0n) is 32.4. The summed E-state index contributed by atoms with van der Waals surface area (Å²) in [5.41, 5.74) is 11.0. The molecule has 6 aromatic heterocycles. The van der Waals surface area contributed by atoms with Gasteiger partial charge in [-0.1, -0.05) is 84.9 Å². The monoisotopic (exact) mass is 784 g/mol. The van der Waals surface area contributed by atoms with Gasteiger partial charge in [-0.3, -0.25) is 19.9 Å². The summed E-state index contributed by atoms with van der Waals surface area (Å²) < 4.78 is 0. The van der Waals surface area contributed by atoms with Crippen molar-refractivity contribution in [3.63, 3.8) is 0 Å². The Morgan fingerprint density at radius 3 is 0.836 bits per heavy atom. The number of pyridine rings is 4. The summed E-state index contributed by atoms with van der Waals surface area (Å²) in [5.74, 6) is 3.33. The lowest BCUT2D eigenvalue weighted by molar-refractivity contribution is 0.768. The maximum Gasteiger partial charge on any atom is 0.164 e. The molecule has 0 spiro atoms. The molecule has 61 heavy (non-hydrogen) atoms. The Morgan fingerprint density at radius 1 is 0.262 bits per heavy atom. The molecule has 286 valence electrons. The van der Waals surface area contributed by atoms with Crippen molar-refractivity contribution in [1.82, 2.24) is 49.8 Å². The van der Waals surface area contributed by atoms with Crippen LogP contribution in [-0.2, 0) is 5.41 Å². The molecule has 6 heterocycles. The first-order valence-corrected chi connectivity index (χ1v) is 19.8. The van der Waals surface area contributed by atoms with E-state index in [-0.39, 0.29) is 0 Å². The van der Waals surface area contributed by atoms with Crippen LogP contribution in [0.15, 0.2) is 195 Å². The molecular weight excluding hydrogens is 753 g/mol. The molecule has 0 saturated heterocycles. The largest absolute Gasteiger partial charge is 0.265 e. The number of rotatable bonds is 8. The van der Waals surface area contributed by atoms with Crippen molar-refractivity contribution in [3.05, 3.63) is 217 Å². The van der Waals surface area contributed by atoms with Crippen LogP contribution in [0.4, 0.5) is 0 Å². The van der Waals surface area contributed by atoms with Gasteiger partial charge in [-0.25, -0.2) is 29.9 Å². The molecular formula is C51H32N10. The third-order valence-corrected chi connectivity index (χ3v) is 11.1. The first kappa shape index (κ1) is 35.6. The Labute approximate surface area is 351 Å². The van der Waals surface area contributed by atoms with E-state index in [0.29, 0.717) is 34.9 Å². The molecule has 0 fully saturated rings. The molecule has 1 aliphatic carbocycles. The Balaban J connectivity index is 1.15. The van der Waals surface area contributed by atoms with E-state index in [1.165, 1.54) is 0 Å². The van der Waals surface area contributed by atoms with Gasteiger partial charge in [-0.05, 0) is 94.0 Å². The van der Waals surface area contributed by atoms with Gasteiger partial charge in [-0.2, -0.15) is 0 Å². The smallest absolute Gasteiger partial charge is 0.164 e. The van der Waals surface area contributed by atoms with Crippen LogP contribution < -0.4 is 0 Å². The van der Waals surface area contributed by atoms with Crippen molar-refractivity contribution in [3.8, 4) is 79.5 Å². The van der Waals surface area contributed by atoms with Crippen LogP contribution in [0.2, 0.25) is 0 Å². The minimum absolute atomic E-state index is 0.555. The third kappa shape index (κ3) is 6.30. The van der Waals surface area contributed by atoms with Gasteiger partial charge in [0.25, 0.3) is 0 Å². The number of hydrogen-bond acceptors (Lipinski definition) is 10. The molecule has 11 rings (SSSR count). The topological polar surface area (TPSA) is 129 Å². The SMILES string of the molecule is c1ccc(C2(c3ccccc3)c3cc(-c4nc(-c5ccncc5)nc(-c5ccncc5)n4)ccc3-c3ccc(-c4nc(-c5ccncc5)nc(-c5ccncc5)n4)cc32)cc1. The quantitative estimate of drug-likeness (QED) is 0.147. The minimum Gasteiger partial charge on any atom is -0.265 e. The molecule has 0 atom stereocenters. The predicted molar refractivity (Wildman–Crippen MR) is 234 cm³/mol. The van der Waals surface area contributed by atoms with Gasteiger partial charge in [0.2, 0.25) is 0 Å². The van der Waals surface area contributed by atoms with E-state index in [4.69, 9.17) is 29.9 Å². The van der Waals surface area contributed by atoms with E-state index in [9.17, 15) is 0 Å². The van der Waals surface area contributed by atoms with Gasteiger partial charge < -0.3 is 0 Å². The molecule has 0 aliphatic heterocycles. The fraction of sp³-hybridized carbons (Fsp3) is 0.0196. The highest BCUT2D eigenvalue weighted by atomic mass is 15.0. The Bertz CT molecular complexity index is 2840. The fourth-order valence-corrected chi connectivity index (χ4v) is 8.30. The molecule has 4 aromatic carbocycles. The maximum atomic E-state index is 5.09. The summed E-state index contributed by atoms with van der Waals surface area (Å²) in [6, 6.07) is 49.8. The number of benzene rings is 4. The van der Waals surface area contributed by atoms with E-state index >= 15 is 0 Å². The molecule has 10 aromatic rings. The molecule has 1 aliphatic rings. The summed E-state index contributed by atoms with van der Waals surface area (Å²) in [4.78, 5) is 47.1. The second-order valence-electron chi connectivity index (χ2n) is 14.6. The van der Waals surface area contributed by atoms with Crippen LogP contribution in [0.3, 0.4) is 0 Å². The van der Waals surface area contributed by atoms with Crippen LogP contribution in [0.1, 0.15) is 22.3 Å². The van der Waals surface area contributed by atoms with Crippen LogP contribution in [0.25, 0.3) is 79.5 Å². The van der Waals surface area contributed by atoms with Crippen LogP contribution in [-0.4, -0.2) is 49.8 Å². The zero-order chi connectivity index (χ0) is 40.6. The van der Waals surface area contributed by atoms with Gasteiger partial charge in [-0.15, -0.1) is 0 Å². The lowest BCUT2D eigenvalue weighted by Gasteiger charge is -2.34. The second kappa shape index (κ2) is 15.0. The highest BCUT2D eigenvalue weighted by Crippen LogP contribution is 2.57. The van der Waals surface area contributed by atoms with Crippen molar-refractivity contribution in [2.75, 3.05) is 0 Å². The van der Waals surface area contributed by atoms with Gasteiger partial charge in [0.1, 0.15) is 0 Å². The highest BCUT2D eigenvalue weighted by molar-refractivity contribution is 5.89. The van der Waals surface area contributed by atoms with Gasteiger partial charge in [0, 0.05) is 83.0 Å². The lowest BCUT2D eigenvalue weighted by atomic mass is 9.67. The zero-order valence-corrected chi connectivity index (χ0v) is 32.4. The maximum absolute atomic E-state index is 5.09. The Hall–Kier alpha value is -8.50. The fourth-order valence-electron chi connectivity index (χ4n) is 8.30. The standard InChI is InChI=1S/C51H32N10/c1-3-7-39(8-4-1)51(40-9-5-2-6-10-40)43-31-37(49-58-45(33-15-23-52-24-16-33)56-46(59-49)34-17-25-53-26-18-34)11-13-41(43)42-14-12-38(32-44(42)51)50-60-47(35-19-27-54-28-20-35)57-48(61-50)36-21-29-55-30-22-36/h1-32H. The summed E-state index contributed by atoms with van der Waals surface area (Å²) >= 11 is 0. The van der Waals surface area contributed by atoms with Gasteiger partial charge in [0.15, 0.2) is 34.9 Å². The van der Waals surface area contributed by atoms with E-state index in [2.05, 4.69) is 117 Å². The van der Waals surface area contributed by atoms with E-state index in [0.717, 1.165) is 66.8 Å². The minimum atomic E-state index is -0.747. The van der Waals surface area contributed by atoms with Crippen molar-refractivity contribution in [2.24, 2.45) is 0 Å². The molecule has 0 unspecified atom stereocenters. The van der Waals surface area contributed by atoms with Crippen LogP contribution >= 0.6 is 0 Å². The summed E-state index contributed by atoms with van der Waals surface area (Å²) in [6.07, 6.45) is 14.0. The number of aromatic nitrogens is 10. The van der Waals surface area contributed by atoms with Crippen LogP contribution in [0, 0.1) is 0 Å². The normalized spacial score (nSPS) is 12.4. The molecule has 10 nitrogen and oxygen atoms in total. The Morgan fingerprint density at radius 2 is 0.541 bits per heavy atom. The van der Waals surface area contributed by atoms with Crippen molar-refractivity contribution >= 4 is 0 Å². The van der Waals surface area contributed by atoms with Crippen molar-refractivity contribution in [1.29, 1.82) is 0 Å². The number of nitrogens with zero attached hydrogens (tertiary/aromatic N) is 10. The number of hydrogen-bond donors (Lipinski definition) is 0. The van der Waals surface area contributed by atoms with E-state index in [1.807, 2.05) is 48.5 Å². The summed E-state index contributed by atoms with van der Waals surface area (Å²) in [5, 5.41) is 0. The summed E-state index contributed by atoms with van der Waals surface area (Å²) in [7, 11) is 0. The lowest BCUT2D eigenvalue weighted by Crippen LogP contribution is -2.28. The Kier molecular flexibility index (Phi) is 8.78. The molecule has 0 N–H and O–H groups in total. The molecule has 10 heteroatoms. The average Bonchev–Trinajstić information content (AvgIpc) is 3.65. The van der Waals surface area contributed by atoms with Crippen molar-refractivity contribution in [2.45, 2.75) is 5.41 Å². The summed E-state index contributed by atoms with van der Waals surface area (Å²) in [6.45, 7) is 0. The van der Waals surface area contributed by atoms with E-state index < -0.39 is 5.41 Å². The average molecular weight is 785 g/mol. The first-order chi connectivity index (χ1) is 30.2. The molecule has 0 radical (unpaired) electrons. The second-order valence-corrected chi connectivity index (χ2v) is 14.6. The van der Waals surface area contributed by atoms with Gasteiger partial charge in [0.05, 0.1) is 5.41 Å². The van der Waals surface area contributed by atoms with Crippen molar-refractivity contribution < 1.29 is 0 Å². The molecule has 0 bridgehead atoms. The number of fused-ring (bicyclic) bond motifs is 3. The molecule has 0 amide bonds. The van der Waals surface area contributed by atoms with Gasteiger partial charge >= 0.3 is 0 Å². The third-order valence-electron chi connectivity index (χ3n) is 11.1. The highest BCUT2D eigenvalue weighted by Gasteiger charge is 2.46. The van der Waals surface area contributed by atoms with Crippen LogP contribution in [0.5, 0.6) is 0 Å². The predicted octanol–water partition coefficient (Wildman–Crippen LogP) is 10.0. The van der Waals surface area contributed by atoms with E-state index in [1.54, 1.807) is 49.6 Å². The molecule has 0 saturated carbocycles. The first-order valence-electron chi connectivity index (χ1n) is 19.8.